The van der Waals surface area contributed by atoms with Gasteiger partial charge in [0.25, 0.3) is 0 Å². The van der Waals surface area contributed by atoms with E-state index in [4.69, 9.17) is 5.26 Å². The largest absolute Gasteiger partial charge is 0.293 e. The second kappa shape index (κ2) is 5.54. The summed E-state index contributed by atoms with van der Waals surface area (Å²) in [5.74, 6) is -0.819. The fourth-order valence-electron chi connectivity index (χ4n) is 2.36. The number of hydrogen-bond acceptors (Lipinski definition) is 4. The predicted molar refractivity (Wildman–Crippen MR) is 71.5 cm³/mol. The summed E-state index contributed by atoms with van der Waals surface area (Å²) in [5.41, 5.74) is 0.802. The van der Waals surface area contributed by atoms with E-state index in [9.17, 15) is 13.2 Å². The first kappa shape index (κ1) is 13.8. The Bertz CT molecular complexity index is 605. The maximum absolute atomic E-state index is 12.1. The Morgan fingerprint density at radius 2 is 1.79 bits per heavy atom. The predicted octanol–water partition coefficient (Wildman–Crippen LogP) is 2.10. The molecule has 1 aromatic rings. The third-order valence-corrected chi connectivity index (χ3v) is 5.63. The second-order valence-corrected chi connectivity index (χ2v) is 7.11. The van der Waals surface area contributed by atoms with Gasteiger partial charge >= 0.3 is 0 Å². The number of carbonyl (C=O) groups excluding carboxylic acids is 1. The molecule has 0 N–H and O–H groups in total. The molecule has 0 unspecified atom stereocenters. The average Bonchev–Trinajstić information content (AvgIpc) is 2.93. The first-order chi connectivity index (χ1) is 9.03. The third kappa shape index (κ3) is 3.21. The molecule has 5 heteroatoms. The summed E-state index contributed by atoms with van der Waals surface area (Å²) < 4.78 is 24.1. The van der Waals surface area contributed by atoms with Crippen LogP contribution in [0.4, 0.5) is 0 Å². The van der Waals surface area contributed by atoms with E-state index >= 15 is 0 Å². The van der Waals surface area contributed by atoms with Crippen LogP contribution in [0.15, 0.2) is 24.3 Å². The summed E-state index contributed by atoms with van der Waals surface area (Å²) in [6.07, 6.45) is 3.19. The number of nitrogens with zero attached hydrogens (tertiary/aromatic N) is 1. The molecule has 0 saturated heterocycles. The minimum Gasteiger partial charge on any atom is -0.293 e. The number of sulfone groups is 1. The summed E-state index contributed by atoms with van der Waals surface area (Å²) in [7, 11) is -3.34. The standard InChI is InChI=1S/C14H15NO3S/c15-9-11-5-7-12(8-6-11)14(16)10-19(17,18)13-3-1-2-4-13/h5-8,13H,1-4,10H2. The minimum atomic E-state index is -3.34. The molecular weight excluding hydrogens is 262 g/mol. The zero-order valence-corrected chi connectivity index (χ0v) is 11.3. The number of ketones is 1. The van der Waals surface area contributed by atoms with Crippen LogP contribution in [0.1, 0.15) is 41.6 Å². The summed E-state index contributed by atoms with van der Waals surface area (Å²) >= 11 is 0. The quantitative estimate of drug-likeness (QED) is 0.790. The van der Waals surface area contributed by atoms with Crippen molar-refractivity contribution in [2.75, 3.05) is 5.75 Å². The van der Waals surface area contributed by atoms with Gasteiger partial charge in [-0.2, -0.15) is 5.26 Å². The van der Waals surface area contributed by atoms with E-state index in [0.717, 1.165) is 12.8 Å². The lowest BCUT2D eigenvalue weighted by atomic mass is 10.1. The van der Waals surface area contributed by atoms with Gasteiger partial charge in [-0.1, -0.05) is 25.0 Å². The molecule has 100 valence electrons. The number of rotatable bonds is 4. The third-order valence-electron chi connectivity index (χ3n) is 3.48. The molecule has 4 nitrogen and oxygen atoms in total. The van der Waals surface area contributed by atoms with Crippen LogP contribution in [0.5, 0.6) is 0 Å². The van der Waals surface area contributed by atoms with Gasteiger partial charge in [-0.05, 0) is 25.0 Å². The molecule has 1 saturated carbocycles. The Labute approximate surface area is 113 Å². The summed E-state index contributed by atoms with van der Waals surface area (Å²) in [6, 6.07) is 8.01. The zero-order chi connectivity index (χ0) is 13.9. The van der Waals surface area contributed by atoms with Crippen LogP contribution >= 0.6 is 0 Å². The number of carbonyl (C=O) groups is 1. The molecule has 0 radical (unpaired) electrons. The molecule has 0 spiro atoms. The number of benzene rings is 1. The van der Waals surface area contributed by atoms with Crippen LogP contribution < -0.4 is 0 Å². The number of Topliss-reactive ketones (excluding diaryl/α,β-unsaturated/α-hetero) is 1. The van der Waals surface area contributed by atoms with Gasteiger partial charge in [-0.3, -0.25) is 4.79 Å². The van der Waals surface area contributed by atoms with Crippen LogP contribution in [0.25, 0.3) is 0 Å². The molecule has 1 fully saturated rings. The van der Waals surface area contributed by atoms with Crippen molar-refractivity contribution in [3.8, 4) is 6.07 Å². The van der Waals surface area contributed by atoms with Crippen LogP contribution in [0, 0.1) is 11.3 Å². The van der Waals surface area contributed by atoms with Crippen molar-refractivity contribution in [3.63, 3.8) is 0 Å². The lowest BCUT2D eigenvalue weighted by Crippen LogP contribution is -2.25. The fraction of sp³-hybridized carbons (Fsp3) is 0.429. The van der Waals surface area contributed by atoms with Crippen LogP contribution in [0.2, 0.25) is 0 Å². The summed E-state index contributed by atoms with van der Waals surface area (Å²) in [5, 5.41) is 8.31. The van der Waals surface area contributed by atoms with E-state index in [2.05, 4.69) is 0 Å². The Morgan fingerprint density at radius 3 is 2.32 bits per heavy atom. The summed E-state index contributed by atoms with van der Waals surface area (Å²) in [6.45, 7) is 0. The Hall–Kier alpha value is -1.67. The van der Waals surface area contributed by atoms with Gasteiger partial charge in [0.2, 0.25) is 0 Å². The highest BCUT2D eigenvalue weighted by Gasteiger charge is 2.30. The van der Waals surface area contributed by atoms with E-state index < -0.39 is 21.4 Å². The number of hydrogen-bond donors (Lipinski definition) is 0. The normalized spacial score (nSPS) is 16.2. The van der Waals surface area contributed by atoms with Crippen molar-refractivity contribution in [1.82, 2.24) is 0 Å². The Balaban J connectivity index is 2.10. The number of nitriles is 1. The van der Waals surface area contributed by atoms with Gasteiger partial charge in [0.15, 0.2) is 15.6 Å². The Kier molecular flexibility index (Phi) is 4.01. The molecule has 1 aromatic carbocycles. The highest BCUT2D eigenvalue weighted by molar-refractivity contribution is 7.92. The lowest BCUT2D eigenvalue weighted by Gasteiger charge is -2.10. The molecular formula is C14H15NO3S. The molecule has 19 heavy (non-hydrogen) atoms. The Morgan fingerprint density at radius 1 is 1.21 bits per heavy atom. The molecule has 0 aliphatic heterocycles. The molecule has 0 bridgehead atoms. The van der Waals surface area contributed by atoms with Gasteiger partial charge in [-0.15, -0.1) is 0 Å². The minimum absolute atomic E-state index is 0.348. The molecule has 0 amide bonds. The van der Waals surface area contributed by atoms with Gasteiger partial charge in [-0.25, -0.2) is 8.42 Å². The van der Waals surface area contributed by atoms with Crippen molar-refractivity contribution < 1.29 is 13.2 Å². The van der Waals surface area contributed by atoms with E-state index in [1.54, 1.807) is 0 Å². The van der Waals surface area contributed by atoms with Gasteiger partial charge < -0.3 is 0 Å². The van der Waals surface area contributed by atoms with Gasteiger partial charge in [0, 0.05) is 5.56 Å². The molecule has 0 heterocycles. The molecule has 2 rings (SSSR count). The van der Waals surface area contributed by atoms with Crippen molar-refractivity contribution in [2.45, 2.75) is 30.9 Å². The van der Waals surface area contributed by atoms with Crippen LogP contribution in [-0.4, -0.2) is 25.2 Å². The average molecular weight is 277 g/mol. The SMILES string of the molecule is N#Cc1ccc(C(=O)CS(=O)(=O)C2CCCC2)cc1. The molecule has 0 aromatic heterocycles. The summed E-state index contributed by atoms with van der Waals surface area (Å²) in [4.78, 5) is 12.0. The van der Waals surface area contributed by atoms with Crippen molar-refractivity contribution >= 4 is 15.6 Å². The second-order valence-electron chi connectivity index (χ2n) is 4.83. The maximum atomic E-state index is 12.1. The van der Waals surface area contributed by atoms with Gasteiger partial charge in [0.05, 0.1) is 16.9 Å². The highest BCUT2D eigenvalue weighted by atomic mass is 32.2. The van der Waals surface area contributed by atoms with Crippen molar-refractivity contribution in [1.29, 1.82) is 5.26 Å². The molecule has 0 atom stereocenters. The fourth-order valence-corrected chi connectivity index (χ4v) is 4.18. The van der Waals surface area contributed by atoms with Crippen LogP contribution in [0.3, 0.4) is 0 Å². The van der Waals surface area contributed by atoms with Crippen LogP contribution in [-0.2, 0) is 9.84 Å². The molecule has 1 aliphatic carbocycles. The highest BCUT2D eigenvalue weighted by Crippen LogP contribution is 2.25. The smallest absolute Gasteiger partial charge is 0.177 e. The molecule has 1 aliphatic rings. The van der Waals surface area contributed by atoms with Gasteiger partial charge in [0.1, 0.15) is 5.75 Å². The topological polar surface area (TPSA) is 75.0 Å². The van der Waals surface area contributed by atoms with E-state index in [1.165, 1.54) is 24.3 Å². The first-order valence-electron chi connectivity index (χ1n) is 6.28. The van der Waals surface area contributed by atoms with Crippen molar-refractivity contribution in [3.05, 3.63) is 35.4 Å². The monoisotopic (exact) mass is 277 g/mol. The lowest BCUT2D eigenvalue weighted by molar-refractivity contribution is 0.102. The van der Waals surface area contributed by atoms with E-state index in [0.29, 0.717) is 24.0 Å². The van der Waals surface area contributed by atoms with E-state index in [-0.39, 0.29) is 5.25 Å². The van der Waals surface area contributed by atoms with Crippen molar-refractivity contribution in [2.24, 2.45) is 0 Å². The maximum Gasteiger partial charge on any atom is 0.177 e. The zero-order valence-electron chi connectivity index (χ0n) is 10.5. The first-order valence-corrected chi connectivity index (χ1v) is 7.99. The van der Waals surface area contributed by atoms with E-state index in [1.807, 2.05) is 6.07 Å².